The van der Waals surface area contributed by atoms with Crippen LogP contribution in [0.4, 0.5) is 0 Å². The summed E-state index contributed by atoms with van der Waals surface area (Å²) in [5.41, 5.74) is 1.34. The molecule has 0 radical (unpaired) electrons. The molecule has 1 fully saturated rings. The lowest BCUT2D eigenvalue weighted by atomic mass is 9.79. The normalized spacial score (nSPS) is 30.5. The first-order valence-electron chi connectivity index (χ1n) is 12.2. The zero-order valence-electron chi connectivity index (χ0n) is 20.9. The average molecular weight is 539 g/mol. The van der Waals surface area contributed by atoms with Gasteiger partial charge in [-0.1, -0.05) is 24.3 Å². The van der Waals surface area contributed by atoms with E-state index in [0.717, 1.165) is 5.56 Å². The Labute approximate surface area is 219 Å². The molecule has 2 aliphatic rings. The number of carbonyl (C=O) groups excluding carboxylic acids is 2. The van der Waals surface area contributed by atoms with E-state index < -0.39 is 67.9 Å². The molecule has 1 heterocycles. The van der Waals surface area contributed by atoms with Crippen LogP contribution >= 0.6 is 0 Å². The van der Waals surface area contributed by atoms with E-state index in [0.29, 0.717) is 12.0 Å². The van der Waals surface area contributed by atoms with Crippen molar-refractivity contribution in [2.75, 3.05) is 26.9 Å². The molecule has 1 aliphatic heterocycles. The van der Waals surface area contributed by atoms with Crippen molar-refractivity contribution in [2.24, 2.45) is 5.92 Å². The Bertz CT molecular complexity index is 1000. The van der Waals surface area contributed by atoms with Crippen molar-refractivity contribution in [1.82, 2.24) is 0 Å². The van der Waals surface area contributed by atoms with Crippen LogP contribution in [0.3, 0.4) is 0 Å². The molecule has 12 heteroatoms. The first-order chi connectivity index (χ1) is 18.2. The second-order valence-corrected chi connectivity index (χ2v) is 8.99. The van der Waals surface area contributed by atoms with Crippen LogP contribution in [0.25, 0.3) is 0 Å². The van der Waals surface area contributed by atoms with Gasteiger partial charge in [0.05, 0.1) is 39.5 Å². The number of aliphatic hydroxyl groups is 5. The van der Waals surface area contributed by atoms with Crippen LogP contribution in [0.5, 0.6) is 5.75 Å². The smallest absolute Gasteiger partial charge is 0.334 e. The van der Waals surface area contributed by atoms with Gasteiger partial charge < -0.3 is 49.6 Å². The monoisotopic (exact) mass is 538 g/mol. The van der Waals surface area contributed by atoms with Gasteiger partial charge in [0, 0.05) is 17.9 Å². The highest BCUT2D eigenvalue weighted by Gasteiger charge is 2.46. The Kier molecular flexibility index (Phi) is 10.8. The third-order valence-corrected chi connectivity index (χ3v) is 6.56. The summed E-state index contributed by atoms with van der Waals surface area (Å²) in [6.45, 7) is -1.04. The van der Waals surface area contributed by atoms with E-state index in [9.17, 15) is 40.2 Å². The van der Waals surface area contributed by atoms with Crippen molar-refractivity contribution in [1.29, 1.82) is 0 Å². The maximum atomic E-state index is 12.7. The first-order valence-corrected chi connectivity index (χ1v) is 12.2. The molecule has 1 aliphatic carbocycles. The Morgan fingerprint density at radius 2 is 1.79 bits per heavy atom. The minimum atomic E-state index is -1.66. The van der Waals surface area contributed by atoms with Gasteiger partial charge >= 0.3 is 11.9 Å². The summed E-state index contributed by atoms with van der Waals surface area (Å²) < 4.78 is 21.5. The van der Waals surface area contributed by atoms with E-state index in [-0.39, 0.29) is 30.8 Å². The predicted molar refractivity (Wildman–Crippen MR) is 129 cm³/mol. The fourth-order valence-electron chi connectivity index (χ4n) is 4.51. The van der Waals surface area contributed by atoms with Crippen LogP contribution in [0.2, 0.25) is 0 Å². The molecule has 0 amide bonds. The van der Waals surface area contributed by atoms with Crippen LogP contribution in [0.15, 0.2) is 47.6 Å². The molecule has 1 aromatic carbocycles. The summed E-state index contributed by atoms with van der Waals surface area (Å²) in [7, 11) is 1.20. The van der Waals surface area contributed by atoms with Gasteiger partial charge in [-0.2, -0.15) is 0 Å². The lowest BCUT2D eigenvalue weighted by molar-refractivity contribution is -0.308. The summed E-state index contributed by atoms with van der Waals surface area (Å²) in [5, 5.41) is 59.0. The Morgan fingerprint density at radius 3 is 2.42 bits per heavy atom. The van der Waals surface area contributed by atoms with E-state index in [1.165, 1.54) is 31.4 Å². The first kappa shape index (κ1) is 29.7. The lowest BCUT2D eigenvalue weighted by Gasteiger charge is -2.42. The van der Waals surface area contributed by atoms with Crippen LogP contribution in [0.1, 0.15) is 18.4 Å². The number of aromatic hydroxyl groups is 1. The number of aliphatic hydroxyl groups excluding tert-OH is 5. The number of methoxy groups -OCH3 is 1. The fraction of sp³-hybridized carbons (Fsp3) is 0.538. The van der Waals surface area contributed by atoms with Gasteiger partial charge in [0.25, 0.3) is 0 Å². The second-order valence-electron chi connectivity index (χ2n) is 8.99. The molecule has 0 saturated carbocycles. The second kappa shape index (κ2) is 13.8. The minimum absolute atomic E-state index is 0.0530. The van der Waals surface area contributed by atoms with E-state index in [1.54, 1.807) is 12.1 Å². The molecule has 0 aromatic heterocycles. The molecule has 1 saturated heterocycles. The maximum Gasteiger partial charge on any atom is 0.334 e. The summed E-state index contributed by atoms with van der Waals surface area (Å²) in [6, 6.07) is 6.44. The molecule has 0 bridgehead atoms. The number of esters is 2. The molecule has 38 heavy (non-hydrogen) atoms. The number of rotatable bonds is 10. The topological polar surface area (TPSA) is 192 Å². The summed E-state index contributed by atoms with van der Waals surface area (Å²) in [6.07, 6.45) is -5.32. The Hall–Kier alpha value is -2.84. The molecular weight excluding hydrogens is 504 g/mol. The Morgan fingerprint density at radius 1 is 1.08 bits per heavy atom. The molecule has 12 nitrogen and oxygen atoms in total. The largest absolute Gasteiger partial charge is 0.508 e. The summed E-state index contributed by atoms with van der Waals surface area (Å²) in [4.78, 5) is 25.2. The number of ether oxygens (including phenoxy) is 4. The van der Waals surface area contributed by atoms with Gasteiger partial charge in [-0.3, -0.25) is 4.79 Å². The Balaban J connectivity index is 1.75. The molecule has 3 rings (SSSR count). The third-order valence-electron chi connectivity index (χ3n) is 6.56. The van der Waals surface area contributed by atoms with Crippen molar-refractivity contribution in [3.05, 3.63) is 53.1 Å². The lowest BCUT2D eigenvalue weighted by Crippen LogP contribution is -2.59. The van der Waals surface area contributed by atoms with Gasteiger partial charge in [0.2, 0.25) is 0 Å². The van der Waals surface area contributed by atoms with Gasteiger partial charge in [-0.15, -0.1) is 0 Å². The number of hydrogen-bond donors (Lipinski definition) is 6. The standard InChI is InChI=1S/C26H34O12/c1-35-25(34)17-6-7-19(37-26-24(33)23(32)22(31)20(13-28)38-26)16(8-10-27)18(17)12-21(30)36-11-9-14-2-4-15(29)5-3-14/h2-6,8,18-20,22-24,26-29,31-33H,7,9-13H2,1H3. The van der Waals surface area contributed by atoms with Gasteiger partial charge in [-0.05, 0) is 29.7 Å². The highest BCUT2D eigenvalue weighted by Crippen LogP contribution is 2.37. The summed E-state index contributed by atoms with van der Waals surface area (Å²) in [5.74, 6) is -2.07. The van der Waals surface area contributed by atoms with Gasteiger partial charge in [0.1, 0.15) is 30.2 Å². The third kappa shape index (κ3) is 7.17. The molecule has 7 unspecified atom stereocenters. The van der Waals surface area contributed by atoms with Crippen LogP contribution < -0.4 is 0 Å². The predicted octanol–water partition coefficient (Wildman–Crippen LogP) is -0.909. The van der Waals surface area contributed by atoms with E-state index in [4.69, 9.17) is 18.9 Å². The summed E-state index contributed by atoms with van der Waals surface area (Å²) >= 11 is 0. The van der Waals surface area contributed by atoms with E-state index in [2.05, 4.69) is 0 Å². The molecular formula is C26H34O12. The van der Waals surface area contributed by atoms with Gasteiger partial charge in [0.15, 0.2) is 6.29 Å². The van der Waals surface area contributed by atoms with Crippen LogP contribution in [0, 0.1) is 5.92 Å². The molecule has 0 spiro atoms. The van der Waals surface area contributed by atoms with Crippen LogP contribution in [-0.4, -0.2) is 106 Å². The molecule has 210 valence electrons. The maximum absolute atomic E-state index is 12.7. The van der Waals surface area contributed by atoms with E-state index in [1.807, 2.05) is 0 Å². The highest BCUT2D eigenvalue weighted by atomic mass is 16.7. The van der Waals surface area contributed by atoms with Crippen molar-refractivity contribution >= 4 is 11.9 Å². The number of phenols is 1. The van der Waals surface area contributed by atoms with Crippen molar-refractivity contribution in [3.8, 4) is 5.75 Å². The highest BCUT2D eigenvalue weighted by molar-refractivity contribution is 5.91. The number of carbonyl (C=O) groups is 2. The number of hydrogen-bond acceptors (Lipinski definition) is 12. The van der Waals surface area contributed by atoms with Gasteiger partial charge in [-0.25, -0.2) is 4.79 Å². The van der Waals surface area contributed by atoms with Crippen LogP contribution in [-0.2, 0) is 35.0 Å². The number of phenolic OH excluding ortho intramolecular Hbond substituents is 1. The van der Waals surface area contributed by atoms with E-state index >= 15 is 0 Å². The van der Waals surface area contributed by atoms with Crippen molar-refractivity contribution in [3.63, 3.8) is 0 Å². The minimum Gasteiger partial charge on any atom is -0.508 e. The van der Waals surface area contributed by atoms with Crippen molar-refractivity contribution < 1.29 is 59.2 Å². The average Bonchev–Trinajstić information content (AvgIpc) is 2.91. The zero-order chi connectivity index (χ0) is 27.8. The molecule has 7 atom stereocenters. The number of benzene rings is 1. The molecule has 6 N–H and O–H groups in total. The fourth-order valence-corrected chi connectivity index (χ4v) is 4.51. The quantitative estimate of drug-likeness (QED) is 0.159. The SMILES string of the molecule is COC(=O)C1=CCC(OC2OC(CO)C(O)C(O)C2O)C(=CCO)C1CC(=O)OCCc1ccc(O)cc1. The van der Waals surface area contributed by atoms with Crippen molar-refractivity contribution in [2.45, 2.75) is 56.1 Å². The molecule has 1 aromatic rings. The zero-order valence-corrected chi connectivity index (χ0v) is 20.9.